The average molecular weight is 728 g/mol. The summed E-state index contributed by atoms with van der Waals surface area (Å²) >= 11 is 6.53. The Kier molecular flexibility index (Phi) is 14.6. The van der Waals surface area contributed by atoms with Gasteiger partial charge in [-0.3, -0.25) is 4.99 Å². The van der Waals surface area contributed by atoms with E-state index in [0.717, 1.165) is 45.0 Å². The van der Waals surface area contributed by atoms with E-state index in [0.29, 0.717) is 32.8 Å². The van der Waals surface area contributed by atoms with Crippen molar-refractivity contribution >= 4 is 17.8 Å². The molecule has 0 saturated carbocycles. The highest BCUT2D eigenvalue weighted by Gasteiger charge is 2.45. The molecular formula is C47H50ClNO4. The second kappa shape index (κ2) is 20.2. The Morgan fingerprint density at radius 1 is 0.623 bits per heavy atom. The number of hydrogen-bond donors (Lipinski definition) is 0. The standard InChI is InChI=1S/C47H50ClNO4/c1-35-28-29-49-42(26-27-43(35)48)30-37-16-8-3-4-15-23-41(25-24-37)47-46(52-33-40-21-13-7-14-22-40)36(2)45(51-32-39-19-11-6-12-20-39)44(53-47)34-50-31-38-17-9-5-10-18-38/h3-27,29,35-36,44-47H,28,30-34H2,1-2H3. The molecule has 0 bridgehead atoms. The molecule has 274 valence electrons. The van der Waals surface area contributed by atoms with E-state index in [1.807, 2.05) is 85.1 Å². The number of rotatable bonds is 13. The predicted octanol–water partition coefficient (Wildman–Crippen LogP) is 10.9. The van der Waals surface area contributed by atoms with Gasteiger partial charge < -0.3 is 18.9 Å². The van der Waals surface area contributed by atoms with Crippen molar-refractivity contribution in [1.29, 1.82) is 0 Å². The Morgan fingerprint density at radius 3 is 1.81 bits per heavy atom. The molecule has 1 saturated heterocycles. The highest BCUT2D eigenvalue weighted by atomic mass is 35.5. The van der Waals surface area contributed by atoms with Gasteiger partial charge in [0.05, 0.1) is 38.6 Å². The van der Waals surface area contributed by atoms with E-state index in [9.17, 15) is 0 Å². The van der Waals surface area contributed by atoms with Crippen molar-refractivity contribution in [2.24, 2.45) is 16.8 Å². The molecule has 6 rings (SSSR count). The van der Waals surface area contributed by atoms with Gasteiger partial charge in [0.15, 0.2) is 0 Å². The predicted molar refractivity (Wildman–Crippen MR) is 215 cm³/mol. The van der Waals surface area contributed by atoms with Crippen LogP contribution in [0.2, 0.25) is 0 Å². The van der Waals surface area contributed by atoms with Crippen LogP contribution in [-0.4, -0.2) is 31.1 Å². The van der Waals surface area contributed by atoms with E-state index < -0.39 is 0 Å². The van der Waals surface area contributed by atoms with Gasteiger partial charge in [-0.1, -0.05) is 165 Å². The molecule has 0 aliphatic carbocycles. The van der Waals surface area contributed by atoms with E-state index in [1.165, 1.54) is 0 Å². The summed E-state index contributed by atoms with van der Waals surface area (Å²) in [5.41, 5.74) is 6.41. The SMILES string of the molecule is CC1CC=NC(Cc2ccccccc(C3OC(COCc4ccccc4)C(OCc4ccccc4)C(C)C3OCc3ccccc3)cc2)=CC=C1Cl. The normalized spacial score (nSPS) is 22.8. The van der Waals surface area contributed by atoms with Gasteiger partial charge in [0.25, 0.3) is 0 Å². The quantitative estimate of drug-likeness (QED) is 0.138. The van der Waals surface area contributed by atoms with Crippen molar-refractivity contribution in [3.8, 4) is 0 Å². The molecule has 6 unspecified atom stereocenters. The maximum absolute atomic E-state index is 7.12. The number of ether oxygens (including phenoxy) is 4. The molecule has 0 spiro atoms. The molecule has 0 N–H and O–H groups in total. The van der Waals surface area contributed by atoms with Crippen molar-refractivity contribution in [1.82, 2.24) is 0 Å². The average Bonchev–Trinajstić information content (AvgIpc) is 3.19. The molecule has 53 heavy (non-hydrogen) atoms. The zero-order valence-electron chi connectivity index (χ0n) is 30.7. The van der Waals surface area contributed by atoms with Crippen LogP contribution in [0, 0.1) is 11.8 Å². The summed E-state index contributed by atoms with van der Waals surface area (Å²) in [7, 11) is 0. The van der Waals surface area contributed by atoms with Crippen LogP contribution >= 0.6 is 11.6 Å². The third-order valence-electron chi connectivity index (χ3n) is 9.74. The maximum atomic E-state index is 7.12. The molecule has 2 heterocycles. The second-order valence-corrected chi connectivity index (χ2v) is 14.3. The van der Waals surface area contributed by atoms with Gasteiger partial charge in [-0.15, -0.1) is 0 Å². The maximum Gasteiger partial charge on any atom is 0.110 e. The van der Waals surface area contributed by atoms with Crippen LogP contribution in [0.25, 0.3) is 0 Å². The van der Waals surface area contributed by atoms with Gasteiger partial charge in [-0.25, -0.2) is 0 Å². The highest BCUT2D eigenvalue weighted by Crippen LogP contribution is 2.40. The summed E-state index contributed by atoms with van der Waals surface area (Å²) in [5.74, 6) is 0.239. The summed E-state index contributed by atoms with van der Waals surface area (Å²) in [6.45, 7) is 6.12. The van der Waals surface area contributed by atoms with Gasteiger partial charge in [0.1, 0.15) is 12.2 Å². The molecule has 0 radical (unpaired) electrons. The van der Waals surface area contributed by atoms with Crippen LogP contribution < -0.4 is 0 Å². The molecule has 0 amide bonds. The minimum absolute atomic E-state index is 0.0246. The first-order valence-corrected chi connectivity index (χ1v) is 19.0. The summed E-state index contributed by atoms with van der Waals surface area (Å²) in [6.07, 6.45) is 6.15. The van der Waals surface area contributed by atoms with Gasteiger partial charge in [-0.05, 0) is 52.3 Å². The zero-order valence-corrected chi connectivity index (χ0v) is 31.4. The number of aliphatic imine (C=N–C) groups is 1. The van der Waals surface area contributed by atoms with Crippen molar-refractivity contribution in [3.05, 3.63) is 190 Å². The molecule has 5 nitrogen and oxygen atoms in total. The fourth-order valence-electron chi connectivity index (χ4n) is 6.68. The lowest BCUT2D eigenvalue weighted by Gasteiger charge is -2.45. The first-order valence-electron chi connectivity index (χ1n) is 18.6. The summed E-state index contributed by atoms with van der Waals surface area (Å²) in [5, 5.41) is 0.845. The Morgan fingerprint density at radius 2 is 1.17 bits per heavy atom. The number of hydrogen-bond acceptors (Lipinski definition) is 5. The molecular weight excluding hydrogens is 678 g/mol. The van der Waals surface area contributed by atoms with Crippen LogP contribution in [0.3, 0.4) is 0 Å². The Bertz CT molecular complexity index is 1860. The first kappa shape index (κ1) is 38.4. The topological polar surface area (TPSA) is 49.3 Å². The lowest BCUT2D eigenvalue weighted by Crippen LogP contribution is -2.53. The third kappa shape index (κ3) is 11.6. The van der Waals surface area contributed by atoms with Gasteiger partial charge in [0, 0.05) is 29.3 Å². The Balaban J connectivity index is 1.33. The van der Waals surface area contributed by atoms with Crippen LogP contribution in [0.1, 0.15) is 54.2 Å². The Labute approximate surface area is 320 Å². The van der Waals surface area contributed by atoms with Crippen LogP contribution in [-0.2, 0) is 45.2 Å². The van der Waals surface area contributed by atoms with Crippen molar-refractivity contribution < 1.29 is 18.9 Å². The van der Waals surface area contributed by atoms with Crippen LogP contribution in [0.5, 0.6) is 0 Å². The van der Waals surface area contributed by atoms with Gasteiger partial charge in [-0.2, -0.15) is 0 Å². The fourth-order valence-corrected chi connectivity index (χ4v) is 6.83. The fraction of sp³-hybridized carbons (Fsp3) is 0.298. The minimum Gasteiger partial charge on any atom is -0.374 e. The second-order valence-electron chi connectivity index (χ2n) is 13.8. The molecule has 6 heteroatoms. The molecule has 2 aliphatic rings. The van der Waals surface area contributed by atoms with Gasteiger partial charge in [0.2, 0.25) is 0 Å². The van der Waals surface area contributed by atoms with E-state index in [-0.39, 0.29) is 36.3 Å². The number of benzene rings is 3. The lowest BCUT2D eigenvalue weighted by atomic mass is 9.84. The summed E-state index contributed by atoms with van der Waals surface area (Å²) < 4.78 is 27.1. The van der Waals surface area contributed by atoms with Crippen molar-refractivity contribution in [3.63, 3.8) is 0 Å². The van der Waals surface area contributed by atoms with E-state index in [4.69, 9.17) is 35.5 Å². The van der Waals surface area contributed by atoms with Crippen molar-refractivity contribution in [2.75, 3.05) is 6.61 Å². The number of allylic oxidation sites excluding steroid dienone is 4. The molecule has 4 aromatic carbocycles. The zero-order chi connectivity index (χ0) is 36.7. The summed E-state index contributed by atoms with van der Waals surface area (Å²) in [6, 6.07) is 47.6. The monoisotopic (exact) mass is 727 g/mol. The molecule has 0 aromatic heterocycles. The highest BCUT2D eigenvalue weighted by molar-refractivity contribution is 6.30. The number of halogens is 1. The lowest BCUT2D eigenvalue weighted by molar-refractivity contribution is -0.242. The van der Waals surface area contributed by atoms with E-state index in [2.05, 4.69) is 86.6 Å². The molecule has 4 aromatic rings. The summed E-state index contributed by atoms with van der Waals surface area (Å²) in [4.78, 5) is 4.78. The largest absolute Gasteiger partial charge is 0.374 e. The smallest absolute Gasteiger partial charge is 0.110 e. The first-order chi connectivity index (χ1) is 26.0. The van der Waals surface area contributed by atoms with Crippen molar-refractivity contribution in [2.45, 2.75) is 70.9 Å². The van der Waals surface area contributed by atoms with Crippen LogP contribution in [0.15, 0.2) is 167 Å². The van der Waals surface area contributed by atoms with Gasteiger partial charge >= 0.3 is 0 Å². The minimum atomic E-state index is -0.386. The molecule has 1 fully saturated rings. The third-order valence-corrected chi connectivity index (χ3v) is 10.2. The van der Waals surface area contributed by atoms with E-state index >= 15 is 0 Å². The Hall–Kier alpha value is -4.36. The van der Waals surface area contributed by atoms with E-state index in [1.54, 1.807) is 0 Å². The molecule has 2 aliphatic heterocycles. The van der Waals surface area contributed by atoms with Crippen LogP contribution in [0.4, 0.5) is 0 Å². The molecule has 6 atom stereocenters. The number of nitrogens with zero attached hydrogens (tertiary/aromatic N) is 1.